The molecule has 2 heterocycles. The molecule has 0 aliphatic carbocycles. The maximum Gasteiger partial charge on any atom is 0.407 e. The average molecular weight is 371 g/mol. The second-order valence-electron chi connectivity index (χ2n) is 6.91. The number of nitrogens with two attached hydrogens (primary N) is 1. The van der Waals surface area contributed by atoms with E-state index < -0.39 is 17.9 Å². The number of hydrogen-bond acceptors (Lipinski definition) is 3. The fourth-order valence-corrected chi connectivity index (χ4v) is 3.85. The maximum absolute atomic E-state index is 13.4. The van der Waals surface area contributed by atoms with Crippen LogP contribution in [-0.4, -0.2) is 33.5 Å². The van der Waals surface area contributed by atoms with Crippen LogP contribution in [0.2, 0.25) is 0 Å². The lowest BCUT2D eigenvalue weighted by atomic mass is 9.77. The Labute approximate surface area is 156 Å². The first-order valence-corrected chi connectivity index (χ1v) is 8.89. The summed E-state index contributed by atoms with van der Waals surface area (Å²) in [6, 6.07) is 9.57. The van der Waals surface area contributed by atoms with Crippen molar-refractivity contribution < 1.29 is 19.1 Å². The summed E-state index contributed by atoms with van der Waals surface area (Å²) in [5.74, 6) is -1.46. The van der Waals surface area contributed by atoms with Crippen molar-refractivity contribution in [3.8, 4) is 0 Å². The summed E-state index contributed by atoms with van der Waals surface area (Å²) in [6.07, 6.45) is 3.89. The van der Waals surface area contributed by atoms with Gasteiger partial charge in [0.25, 0.3) is 0 Å². The Morgan fingerprint density at radius 3 is 2.74 bits per heavy atom. The van der Waals surface area contributed by atoms with Gasteiger partial charge >= 0.3 is 6.09 Å². The molecule has 1 aliphatic heterocycles. The summed E-state index contributed by atoms with van der Waals surface area (Å²) < 4.78 is 13.4. The van der Waals surface area contributed by atoms with E-state index in [0.29, 0.717) is 19.3 Å². The van der Waals surface area contributed by atoms with Crippen molar-refractivity contribution in [2.24, 2.45) is 17.6 Å². The number of nitrogens with zero attached hydrogens (tertiary/aromatic N) is 2. The van der Waals surface area contributed by atoms with Gasteiger partial charge in [0.1, 0.15) is 5.82 Å². The molecular weight excluding hydrogens is 349 g/mol. The van der Waals surface area contributed by atoms with E-state index >= 15 is 0 Å². The fourth-order valence-electron chi connectivity index (χ4n) is 3.85. The number of halogens is 1. The quantitative estimate of drug-likeness (QED) is 0.844. The number of primary amides is 1. The predicted molar refractivity (Wildman–Crippen MR) is 97.2 cm³/mol. The second kappa shape index (κ2) is 8.16. The van der Waals surface area contributed by atoms with Crippen LogP contribution in [0.3, 0.4) is 0 Å². The van der Waals surface area contributed by atoms with Gasteiger partial charge in [0.05, 0.1) is 12.0 Å². The summed E-state index contributed by atoms with van der Waals surface area (Å²) in [5.41, 5.74) is 7.20. The second-order valence-corrected chi connectivity index (χ2v) is 6.91. The molecule has 3 unspecified atom stereocenters. The van der Waals surface area contributed by atoms with E-state index in [-0.39, 0.29) is 24.3 Å². The highest BCUT2D eigenvalue weighted by Gasteiger charge is 2.40. The zero-order valence-corrected chi connectivity index (χ0v) is 14.8. The molecule has 0 radical (unpaired) electrons. The molecule has 0 spiro atoms. The number of carboxylic acid groups (broad SMARTS) is 1. The normalized spacial score (nSPS) is 22.4. The van der Waals surface area contributed by atoms with Gasteiger partial charge < -0.3 is 15.7 Å². The van der Waals surface area contributed by atoms with Gasteiger partial charge in [0.2, 0.25) is 5.91 Å². The monoisotopic (exact) mass is 371 g/mol. The predicted octanol–water partition coefficient (Wildman–Crippen LogP) is 3.00. The van der Waals surface area contributed by atoms with E-state index in [1.54, 1.807) is 24.5 Å². The van der Waals surface area contributed by atoms with E-state index in [2.05, 4.69) is 4.98 Å². The van der Waals surface area contributed by atoms with Crippen LogP contribution in [0.4, 0.5) is 9.18 Å². The largest absolute Gasteiger partial charge is 0.465 e. The smallest absolute Gasteiger partial charge is 0.407 e. The molecule has 27 heavy (non-hydrogen) atoms. The first kappa shape index (κ1) is 18.8. The third-order valence-corrected chi connectivity index (χ3v) is 5.24. The zero-order chi connectivity index (χ0) is 19.4. The summed E-state index contributed by atoms with van der Waals surface area (Å²) in [4.78, 5) is 29.1. The Balaban J connectivity index is 1.82. The van der Waals surface area contributed by atoms with Gasteiger partial charge in [-0.3, -0.25) is 9.78 Å². The Bertz CT molecular complexity index is 815. The molecule has 1 fully saturated rings. The number of carbonyl (C=O) groups excluding carboxylic acids is 1. The Kier molecular flexibility index (Phi) is 5.69. The highest BCUT2D eigenvalue weighted by atomic mass is 19.1. The number of benzene rings is 1. The third-order valence-electron chi connectivity index (χ3n) is 5.24. The molecule has 2 amide bonds. The number of likely N-dealkylation sites (tertiary alicyclic amines) is 1. The van der Waals surface area contributed by atoms with Gasteiger partial charge in [0, 0.05) is 18.9 Å². The van der Waals surface area contributed by atoms with E-state index in [4.69, 9.17) is 5.73 Å². The average Bonchev–Trinajstić information content (AvgIpc) is 2.66. The van der Waals surface area contributed by atoms with Gasteiger partial charge in [-0.25, -0.2) is 9.18 Å². The summed E-state index contributed by atoms with van der Waals surface area (Å²) >= 11 is 0. The van der Waals surface area contributed by atoms with Crippen LogP contribution in [0.1, 0.15) is 30.0 Å². The molecule has 1 aromatic heterocycles. The molecule has 1 aromatic carbocycles. The summed E-state index contributed by atoms with van der Waals surface area (Å²) in [5, 5.41) is 9.61. The summed E-state index contributed by atoms with van der Waals surface area (Å²) in [7, 11) is 0. The first-order valence-electron chi connectivity index (χ1n) is 8.89. The molecule has 0 bridgehead atoms. The Morgan fingerprint density at radius 1 is 1.30 bits per heavy atom. The number of amides is 2. The van der Waals surface area contributed by atoms with Crippen molar-refractivity contribution in [2.45, 2.75) is 25.3 Å². The number of aryl methyl sites for hydroxylation is 1. The zero-order valence-electron chi connectivity index (χ0n) is 14.8. The SMILES string of the molecule is NC(=O)C1CN(C(=O)O)C(c2cccnc2)CC1CCc1cccc(F)c1. The summed E-state index contributed by atoms with van der Waals surface area (Å²) in [6.45, 7) is 0.0536. The van der Waals surface area contributed by atoms with Crippen molar-refractivity contribution >= 4 is 12.0 Å². The number of hydrogen-bond donors (Lipinski definition) is 2. The van der Waals surface area contributed by atoms with Crippen molar-refractivity contribution in [1.29, 1.82) is 0 Å². The van der Waals surface area contributed by atoms with Crippen molar-refractivity contribution in [2.75, 3.05) is 6.54 Å². The van der Waals surface area contributed by atoms with Crippen LogP contribution in [0, 0.1) is 17.7 Å². The minimum atomic E-state index is -1.08. The van der Waals surface area contributed by atoms with Crippen LogP contribution in [-0.2, 0) is 11.2 Å². The standard InChI is InChI=1S/C20H22FN3O3/c21-16-5-1-3-13(9-16)6-7-14-10-18(15-4-2-8-23-11-15)24(20(26)27)12-17(14)19(22)25/h1-5,8-9,11,14,17-18H,6-7,10,12H2,(H2,22,25)(H,26,27). The van der Waals surface area contributed by atoms with E-state index in [1.165, 1.54) is 17.0 Å². The molecule has 3 atom stereocenters. The van der Waals surface area contributed by atoms with Crippen molar-refractivity contribution in [3.05, 3.63) is 65.7 Å². The molecule has 1 saturated heterocycles. The molecule has 6 nitrogen and oxygen atoms in total. The van der Waals surface area contributed by atoms with Crippen molar-refractivity contribution in [3.63, 3.8) is 0 Å². The lowest BCUT2D eigenvalue weighted by Gasteiger charge is -2.42. The lowest BCUT2D eigenvalue weighted by molar-refractivity contribution is -0.126. The van der Waals surface area contributed by atoms with E-state index in [9.17, 15) is 19.1 Å². The topological polar surface area (TPSA) is 96.5 Å². The van der Waals surface area contributed by atoms with Crippen LogP contribution >= 0.6 is 0 Å². The van der Waals surface area contributed by atoms with Gasteiger partial charge in [-0.05, 0) is 54.5 Å². The molecule has 3 rings (SSSR count). The van der Waals surface area contributed by atoms with Gasteiger partial charge in [-0.15, -0.1) is 0 Å². The number of carbonyl (C=O) groups is 2. The number of rotatable bonds is 5. The number of piperidine rings is 1. The van der Waals surface area contributed by atoms with Crippen LogP contribution in [0.25, 0.3) is 0 Å². The van der Waals surface area contributed by atoms with E-state index in [1.807, 2.05) is 12.1 Å². The molecule has 3 N–H and O–H groups in total. The number of pyridine rings is 1. The number of aromatic nitrogens is 1. The molecule has 1 aliphatic rings. The van der Waals surface area contributed by atoms with Crippen LogP contribution in [0.15, 0.2) is 48.8 Å². The Morgan fingerprint density at radius 2 is 2.11 bits per heavy atom. The molecule has 0 saturated carbocycles. The molecule has 2 aromatic rings. The van der Waals surface area contributed by atoms with Crippen molar-refractivity contribution in [1.82, 2.24) is 9.88 Å². The molecule has 7 heteroatoms. The fraction of sp³-hybridized carbons (Fsp3) is 0.350. The molecular formula is C20H22FN3O3. The highest BCUT2D eigenvalue weighted by molar-refractivity contribution is 5.78. The van der Waals surface area contributed by atoms with E-state index in [0.717, 1.165) is 11.1 Å². The maximum atomic E-state index is 13.4. The van der Waals surface area contributed by atoms with Gasteiger partial charge in [0.15, 0.2) is 0 Å². The first-order chi connectivity index (χ1) is 13.0. The molecule has 142 valence electrons. The highest BCUT2D eigenvalue weighted by Crippen LogP contribution is 2.39. The van der Waals surface area contributed by atoms with Crippen LogP contribution < -0.4 is 5.73 Å². The van der Waals surface area contributed by atoms with Crippen LogP contribution in [0.5, 0.6) is 0 Å². The third kappa shape index (κ3) is 4.42. The minimum Gasteiger partial charge on any atom is -0.465 e. The van der Waals surface area contributed by atoms with Gasteiger partial charge in [-0.2, -0.15) is 0 Å². The van der Waals surface area contributed by atoms with Gasteiger partial charge in [-0.1, -0.05) is 18.2 Å². The lowest BCUT2D eigenvalue weighted by Crippen LogP contribution is -2.49. The Hall–Kier alpha value is -2.96. The minimum absolute atomic E-state index is 0.0536.